The van der Waals surface area contributed by atoms with Crippen LogP contribution in [0.5, 0.6) is 0 Å². The second-order valence-electron chi connectivity index (χ2n) is 5.63. The number of rotatable bonds is 3. The number of carbonyl (C=O) groups is 2. The van der Waals surface area contributed by atoms with E-state index in [2.05, 4.69) is 0 Å². The summed E-state index contributed by atoms with van der Waals surface area (Å²) in [6, 6.07) is 0. The van der Waals surface area contributed by atoms with Gasteiger partial charge in [-0.15, -0.1) is 0 Å². The molecule has 4 nitrogen and oxygen atoms in total. The first-order chi connectivity index (χ1) is 7.67. The third-order valence-electron chi connectivity index (χ3n) is 3.80. The van der Waals surface area contributed by atoms with E-state index in [1.54, 1.807) is 20.8 Å². The summed E-state index contributed by atoms with van der Waals surface area (Å²) < 4.78 is 10.6. The number of hydrogen-bond donors (Lipinski definition) is 0. The van der Waals surface area contributed by atoms with E-state index < -0.39 is 16.9 Å². The topological polar surface area (TPSA) is 52.6 Å². The molecule has 1 fully saturated rings. The summed E-state index contributed by atoms with van der Waals surface area (Å²) in [5, 5.41) is 0. The highest BCUT2D eigenvalue weighted by Crippen LogP contribution is 2.49. The van der Waals surface area contributed by atoms with Crippen LogP contribution in [0, 0.1) is 17.3 Å². The van der Waals surface area contributed by atoms with Crippen LogP contribution >= 0.6 is 0 Å². The molecule has 0 amide bonds. The zero-order chi connectivity index (χ0) is 13.4. The van der Waals surface area contributed by atoms with E-state index >= 15 is 0 Å². The highest BCUT2D eigenvalue weighted by molar-refractivity contribution is 5.89. The molecule has 1 saturated heterocycles. The second-order valence-corrected chi connectivity index (χ2v) is 5.63. The van der Waals surface area contributed by atoms with Gasteiger partial charge in [0.1, 0.15) is 11.5 Å². The van der Waals surface area contributed by atoms with Crippen molar-refractivity contribution in [3.63, 3.8) is 0 Å². The van der Waals surface area contributed by atoms with E-state index in [-0.39, 0.29) is 17.9 Å². The fourth-order valence-corrected chi connectivity index (χ4v) is 2.43. The lowest BCUT2D eigenvalue weighted by Crippen LogP contribution is -2.46. The van der Waals surface area contributed by atoms with Crippen LogP contribution in [0.15, 0.2) is 0 Å². The first-order valence-electron chi connectivity index (χ1n) is 6.08. The monoisotopic (exact) mass is 242 g/mol. The Hall–Kier alpha value is -1.06. The van der Waals surface area contributed by atoms with Gasteiger partial charge in [0.15, 0.2) is 0 Å². The summed E-state index contributed by atoms with van der Waals surface area (Å²) in [5.41, 5.74) is -1.61. The van der Waals surface area contributed by atoms with Crippen molar-refractivity contribution in [3.05, 3.63) is 0 Å². The normalized spacial score (nSPS) is 31.5. The lowest BCUT2D eigenvalue weighted by molar-refractivity contribution is -0.160. The highest BCUT2D eigenvalue weighted by atomic mass is 16.6. The Morgan fingerprint density at radius 2 is 1.94 bits per heavy atom. The van der Waals surface area contributed by atoms with Gasteiger partial charge in [-0.2, -0.15) is 0 Å². The summed E-state index contributed by atoms with van der Waals surface area (Å²) in [6.07, 6.45) is 0. The summed E-state index contributed by atoms with van der Waals surface area (Å²) in [5.74, 6) is -1.17. The Morgan fingerprint density at radius 1 is 1.41 bits per heavy atom. The molecule has 0 aromatic carbocycles. The van der Waals surface area contributed by atoms with Gasteiger partial charge in [-0.25, -0.2) is 0 Å². The van der Waals surface area contributed by atoms with E-state index in [9.17, 15) is 9.59 Å². The molecule has 1 aliphatic heterocycles. The van der Waals surface area contributed by atoms with Gasteiger partial charge in [0.2, 0.25) is 0 Å². The molecule has 0 aromatic heterocycles. The molecule has 0 N–H and O–H groups in total. The Labute approximate surface area is 103 Å². The number of carbonyl (C=O) groups excluding carboxylic acids is 2. The van der Waals surface area contributed by atoms with Gasteiger partial charge < -0.3 is 9.47 Å². The van der Waals surface area contributed by atoms with Crippen LogP contribution in [0.4, 0.5) is 0 Å². The molecular weight excluding hydrogens is 220 g/mol. The van der Waals surface area contributed by atoms with Gasteiger partial charge in [0, 0.05) is 0 Å². The fraction of sp³-hybridized carbons (Fsp3) is 0.846. The molecule has 0 spiro atoms. The number of cyclic esters (lactones) is 1. The maximum atomic E-state index is 12.1. The van der Waals surface area contributed by atoms with Crippen LogP contribution in [-0.4, -0.2) is 24.1 Å². The van der Waals surface area contributed by atoms with E-state index in [0.717, 1.165) is 0 Å². The van der Waals surface area contributed by atoms with Crippen LogP contribution in [0.3, 0.4) is 0 Å². The molecule has 0 bridgehead atoms. The highest BCUT2D eigenvalue weighted by Gasteiger charge is 2.63. The number of ether oxygens (including phenoxy) is 2. The first kappa shape index (κ1) is 14.0. The first-order valence-corrected chi connectivity index (χ1v) is 6.08. The minimum Gasteiger partial charge on any atom is -0.466 e. The largest absolute Gasteiger partial charge is 0.466 e. The summed E-state index contributed by atoms with van der Waals surface area (Å²) in [7, 11) is 0. The molecule has 4 heteroatoms. The number of esters is 2. The zero-order valence-corrected chi connectivity index (χ0v) is 11.5. The fourth-order valence-electron chi connectivity index (χ4n) is 2.43. The minimum absolute atomic E-state index is 0.0580. The SMILES string of the molecule is CCOC(=O)[C@@H]1C(C)(C)C(=O)O[C@@]1(C)C(C)C. The maximum absolute atomic E-state index is 12.1. The van der Waals surface area contributed by atoms with Crippen LogP contribution in [0.2, 0.25) is 0 Å². The Kier molecular flexibility index (Phi) is 3.55. The molecule has 0 saturated carbocycles. The average molecular weight is 242 g/mol. The lowest BCUT2D eigenvalue weighted by atomic mass is 9.69. The molecule has 2 atom stereocenters. The van der Waals surface area contributed by atoms with Crippen molar-refractivity contribution in [2.75, 3.05) is 6.61 Å². The summed E-state index contributed by atoms with van der Waals surface area (Å²) >= 11 is 0. The maximum Gasteiger partial charge on any atom is 0.314 e. The van der Waals surface area contributed by atoms with Crippen molar-refractivity contribution >= 4 is 11.9 Å². The Morgan fingerprint density at radius 3 is 2.35 bits per heavy atom. The Bertz CT molecular complexity index is 332. The quantitative estimate of drug-likeness (QED) is 0.712. The molecule has 1 rings (SSSR count). The van der Waals surface area contributed by atoms with Crippen molar-refractivity contribution in [2.45, 2.75) is 47.1 Å². The van der Waals surface area contributed by atoms with Gasteiger partial charge in [0.25, 0.3) is 0 Å². The molecule has 0 aromatic rings. The van der Waals surface area contributed by atoms with E-state index in [1.807, 2.05) is 20.8 Å². The van der Waals surface area contributed by atoms with Gasteiger partial charge in [0.05, 0.1) is 12.0 Å². The van der Waals surface area contributed by atoms with Crippen molar-refractivity contribution < 1.29 is 19.1 Å². The smallest absolute Gasteiger partial charge is 0.314 e. The molecule has 98 valence electrons. The predicted octanol–water partition coefficient (Wildman–Crippen LogP) is 2.16. The lowest BCUT2D eigenvalue weighted by Gasteiger charge is -2.34. The van der Waals surface area contributed by atoms with Crippen LogP contribution < -0.4 is 0 Å². The zero-order valence-electron chi connectivity index (χ0n) is 11.5. The second kappa shape index (κ2) is 4.31. The van der Waals surface area contributed by atoms with Crippen molar-refractivity contribution in [1.29, 1.82) is 0 Å². The van der Waals surface area contributed by atoms with E-state index in [0.29, 0.717) is 6.61 Å². The van der Waals surface area contributed by atoms with Crippen molar-refractivity contribution in [2.24, 2.45) is 17.3 Å². The third-order valence-corrected chi connectivity index (χ3v) is 3.80. The van der Waals surface area contributed by atoms with E-state index in [4.69, 9.17) is 9.47 Å². The predicted molar refractivity (Wildman–Crippen MR) is 63.2 cm³/mol. The molecule has 1 aliphatic rings. The molecule has 1 heterocycles. The minimum atomic E-state index is -0.828. The van der Waals surface area contributed by atoms with Crippen molar-refractivity contribution in [1.82, 2.24) is 0 Å². The Balaban J connectivity index is 3.17. The standard InChI is InChI=1S/C13H22O4/c1-7-16-10(14)9-12(4,5)11(15)17-13(9,6)8(2)3/h8-9H,7H2,1-6H3/t9-,13+/m1/s1. The van der Waals surface area contributed by atoms with Crippen LogP contribution in [-0.2, 0) is 19.1 Å². The molecular formula is C13H22O4. The van der Waals surface area contributed by atoms with Crippen molar-refractivity contribution in [3.8, 4) is 0 Å². The third kappa shape index (κ3) is 2.05. The van der Waals surface area contributed by atoms with Gasteiger partial charge in [-0.05, 0) is 33.6 Å². The summed E-state index contributed by atoms with van der Waals surface area (Å²) in [6.45, 7) is 11.3. The molecule has 0 aliphatic carbocycles. The number of hydrogen-bond acceptors (Lipinski definition) is 4. The van der Waals surface area contributed by atoms with Gasteiger partial charge >= 0.3 is 11.9 Å². The average Bonchev–Trinajstić information content (AvgIpc) is 2.34. The van der Waals surface area contributed by atoms with Crippen LogP contribution in [0.1, 0.15) is 41.5 Å². The molecule has 0 radical (unpaired) electrons. The summed E-state index contributed by atoms with van der Waals surface area (Å²) in [4.78, 5) is 24.0. The molecule has 17 heavy (non-hydrogen) atoms. The van der Waals surface area contributed by atoms with Crippen LogP contribution in [0.25, 0.3) is 0 Å². The van der Waals surface area contributed by atoms with E-state index in [1.165, 1.54) is 0 Å². The van der Waals surface area contributed by atoms with Gasteiger partial charge in [-0.1, -0.05) is 13.8 Å². The van der Waals surface area contributed by atoms with Gasteiger partial charge in [-0.3, -0.25) is 9.59 Å². The molecule has 0 unspecified atom stereocenters.